The van der Waals surface area contributed by atoms with Crippen LogP contribution in [0.5, 0.6) is 0 Å². The number of aromatic nitrogens is 2. The zero-order chi connectivity index (χ0) is 14.7. The molecule has 1 aromatic heterocycles. The number of rotatable bonds is 3. The lowest BCUT2D eigenvalue weighted by Crippen LogP contribution is -2.45. The molecule has 0 aliphatic heterocycles. The molecule has 1 N–H and O–H groups in total. The molecule has 20 heavy (non-hydrogen) atoms. The Morgan fingerprint density at radius 1 is 1.40 bits per heavy atom. The van der Waals surface area contributed by atoms with Crippen molar-refractivity contribution in [1.82, 2.24) is 15.1 Å². The monoisotopic (exact) mass is 277 g/mol. The molecule has 3 unspecified atom stereocenters. The van der Waals surface area contributed by atoms with Gasteiger partial charge in [0.25, 0.3) is 5.56 Å². The van der Waals surface area contributed by atoms with Gasteiger partial charge in [-0.05, 0) is 38.7 Å². The minimum atomic E-state index is -0.573. The van der Waals surface area contributed by atoms with Gasteiger partial charge in [0.1, 0.15) is 6.04 Å². The maximum Gasteiger partial charge on any atom is 0.267 e. The normalized spacial score (nSPS) is 24.1. The van der Waals surface area contributed by atoms with Crippen LogP contribution in [0.3, 0.4) is 0 Å². The van der Waals surface area contributed by atoms with Crippen LogP contribution in [0.2, 0.25) is 0 Å². The van der Waals surface area contributed by atoms with E-state index in [1.54, 1.807) is 13.0 Å². The predicted octanol–water partition coefficient (Wildman–Crippen LogP) is 1.81. The van der Waals surface area contributed by atoms with E-state index in [-0.39, 0.29) is 17.5 Å². The van der Waals surface area contributed by atoms with Crippen molar-refractivity contribution in [3.05, 3.63) is 28.2 Å². The molecule has 110 valence electrons. The van der Waals surface area contributed by atoms with Gasteiger partial charge in [0.05, 0.1) is 5.69 Å². The Hall–Kier alpha value is -1.65. The number of carbonyl (C=O) groups is 1. The fraction of sp³-hybridized carbons (Fsp3) is 0.667. The fourth-order valence-corrected chi connectivity index (χ4v) is 2.74. The topological polar surface area (TPSA) is 64.0 Å². The Morgan fingerprint density at radius 3 is 2.80 bits per heavy atom. The molecule has 1 saturated carbocycles. The molecule has 3 atom stereocenters. The first-order valence-corrected chi connectivity index (χ1v) is 7.36. The van der Waals surface area contributed by atoms with E-state index in [9.17, 15) is 9.59 Å². The molecule has 1 aromatic rings. The van der Waals surface area contributed by atoms with Gasteiger partial charge in [-0.2, -0.15) is 5.10 Å². The van der Waals surface area contributed by atoms with E-state index < -0.39 is 6.04 Å². The Balaban J connectivity index is 2.08. The largest absolute Gasteiger partial charge is 0.351 e. The fourth-order valence-electron chi connectivity index (χ4n) is 2.74. The lowest BCUT2D eigenvalue weighted by Gasteiger charge is -2.30. The number of nitrogens with zero attached hydrogens (tertiary/aromatic N) is 2. The molecule has 1 amide bonds. The van der Waals surface area contributed by atoms with Gasteiger partial charge in [-0.1, -0.05) is 19.8 Å². The van der Waals surface area contributed by atoms with Crippen molar-refractivity contribution in [3.8, 4) is 0 Å². The van der Waals surface area contributed by atoms with E-state index in [2.05, 4.69) is 17.3 Å². The summed E-state index contributed by atoms with van der Waals surface area (Å²) in [5.41, 5.74) is 0.491. The van der Waals surface area contributed by atoms with Crippen LogP contribution in [-0.4, -0.2) is 21.7 Å². The van der Waals surface area contributed by atoms with Crippen molar-refractivity contribution in [2.24, 2.45) is 5.92 Å². The van der Waals surface area contributed by atoms with Gasteiger partial charge in [0.15, 0.2) is 0 Å². The minimum absolute atomic E-state index is 0.121. The second kappa shape index (κ2) is 6.20. The van der Waals surface area contributed by atoms with Crippen molar-refractivity contribution >= 4 is 5.91 Å². The minimum Gasteiger partial charge on any atom is -0.351 e. The maximum absolute atomic E-state index is 12.3. The van der Waals surface area contributed by atoms with Gasteiger partial charge in [-0.15, -0.1) is 0 Å². The van der Waals surface area contributed by atoms with Crippen LogP contribution in [0.25, 0.3) is 0 Å². The van der Waals surface area contributed by atoms with Crippen LogP contribution in [0, 0.1) is 12.8 Å². The number of hydrogen-bond donors (Lipinski definition) is 1. The van der Waals surface area contributed by atoms with Gasteiger partial charge >= 0.3 is 0 Å². The number of nitrogens with one attached hydrogen (secondary N) is 1. The quantitative estimate of drug-likeness (QED) is 0.916. The molecular formula is C15H23N3O2. The number of aryl methyl sites for hydroxylation is 1. The molecule has 0 radical (unpaired) electrons. The number of carbonyl (C=O) groups excluding carboxylic acids is 1. The highest BCUT2D eigenvalue weighted by Crippen LogP contribution is 2.24. The molecule has 0 spiro atoms. The van der Waals surface area contributed by atoms with Crippen LogP contribution in [0.1, 0.15) is 51.3 Å². The second-order valence-electron chi connectivity index (χ2n) is 5.81. The Bertz CT molecular complexity index is 538. The lowest BCUT2D eigenvalue weighted by molar-refractivity contribution is -0.125. The third-order valence-corrected chi connectivity index (χ3v) is 4.14. The Morgan fingerprint density at radius 2 is 2.10 bits per heavy atom. The van der Waals surface area contributed by atoms with Crippen molar-refractivity contribution in [2.75, 3.05) is 0 Å². The summed E-state index contributed by atoms with van der Waals surface area (Å²) in [7, 11) is 0. The summed E-state index contributed by atoms with van der Waals surface area (Å²) in [6.45, 7) is 5.70. The second-order valence-corrected chi connectivity index (χ2v) is 5.81. The standard InChI is InChI=1S/C15H23N3O2/c1-10-6-4-5-7-13(10)16-15(20)12(3)18-14(19)9-8-11(2)17-18/h8-10,12-13H,4-7H2,1-3H3,(H,16,20). The summed E-state index contributed by atoms with van der Waals surface area (Å²) >= 11 is 0. The van der Waals surface area contributed by atoms with Gasteiger partial charge < -0.3 is 5.32 Å². The van der Waals surface area contributed by atoms with Gasteiger partial charge in [0, 0.05) is 12.1 Å². The van der Waals surface area contributed by atoms with Crippen LogP contribution in [0.4, 0.5) is 0 Å². The summed E-state index contributed by atoms with van der Waals surface area (Å²) in [5.74, 6) is 0.381. The summed E-state index contributed by atoms with van der Waals surface area (Å²) in [5, 5.41) is 7.22. The molecule has 5 nitrogen and oxygen atoms in total. The SMILES string of the molecule is Cc1ccc(=O)n(C(C)C(=O)NC2CCCCC2C)n1. The van der Waals surface area contributed by atoms with Crippen molar-refractivity contribution in [3.63, 3.8) is 0 Å². The number of amides is 1. The summed E-state index contributed by atoms with van der Waals surface area (Å²) in [4.78, 5) is 24.1. The molecule has 1 aliphatic rings. The molecule has 1 fully saturated rings. The third kappa shape index (κ3) is 3.26. The summed E-state index contributed by atoms with van der Waals surface area (Å²) < 4.78 is 1.26. The molecule has 0 aromatic carbocycles. The molecule has 1 heterocycles. The van der Waals surface area contributed by atoms with Crippen LogP contribution < -0.4 is 10.9 Å². The maximum atomic E-state index is 12.3. The zero-order valence-electron chi connectivity index (χ0n) is 12.4. The highest BCUT2D eigenvalue weighted by molar-refractivity contribution is 5.80. The van der Waals surface area contributed by atoms with E-state index in [4.69, 9.17) is 0 Å². The van der Waals surface area contributed by atoms with Crippen molar-refractivity contribution < 1.29 is 4.79 Å². The number of hydrogen-bond acceptors (Lipinski definition) is 3. The van der Waals surface area contributed by atoms with Crippen molar-refractivity contribution in [1.29, 1.82) is 0 Å². The van der Waals surface area contributed by atoms with Gasteiger partial charge in [-0.3, -0.25) is 9.59 Å². The average Bonchev–Trinajstić information content (AvgIpc) is 2.43. The zero-order valence-corrected chi connectivity index (χ0v) is 12.4. The third-order valence-electron chi connectivity index (χ3n) is 4.14. The molecule has 0 bridgehead atoms. The summed E-state index contributed by atoms with van der Waals surface area (Å²) in [6.07, 6.45) is 4.58. The van der Waals surface area contributed by atoms with E-state index in [1.807, 2.05) is 6.92 Å². The van der Waals surface area contributed by atoms with Crippen LogP contribution in [0.15, 0.2) is 16.9 Å². The van der Waals surface area contributed by atoms with E-state index in [0.717, 1.165) is 25.0 Å². The van der Waals surface area contributed by atoms with Crippen LogP contribution in [-0.2, 0) is 4.79 Å². The highest BCUT2D eigenvalue weighted by Gasteiger charge is 2.26. The smallest absolute Gasteiger partial charge is 0.267 e. The first-order valence-electron chi connectivity index (χ1n) is 7.36. The first kappa shape index (κ1) is 14.8. The average molecular weight is 277 g/mol. The molecule has 2 rings (SSSR count). The molecule has 0 saturated heterocycles. The highest BCUT2D eigenvalue weighted by atomic mass is 16.2. The van der Waals surface area contributed by atoms with Gasteiger partial charge in [-0.25, -0.2) is 4.68 Å². The Kier molecular flexibility index (Phi) is 4.57. The van der Waals surface area contributed by atoms with E-state index in [1.165, 1.54) is 17.2 Å². The van der Waals surface area contributed by atoms with E-state index >= 15 is 0 Å². The Labute approximate surface area is 119 Å². The summed E-state index contributed by atoms with van der Waals surface area (Å²) in [6, 6.07) is 2.76. The van der Waals surface area contributed by atoms with Gasteiger partial charge in [0.2, 0.25) is 5.91 Å². The van der Waals surface area contributed by atoms with E-state index in [0.29, 0.717) is 5.92 Å². The molecule has 5 heteroatoms. The van der Waals surface area contributed by atoms with Crippen molar-refractivity contribution in [2.45, 2.75) is 58.5 Å². The van der Waals surface area contributed by atoms with Crippen LogP contribution >= 0.6 is 0 Å². The first-order chi connectivity index (χ1) is 9.49. The molecule has 1 aliphatic carbocycles. The molecular weight excluding hydrogens is 254 g/mol. The predicted molar refractivity (Wildman–Crippen MR) is 77.5 cm³/mol. The lowest BCUT2D eigenvalue weighted by atomic mass is 9.86.